The van der Waals surface area contributed by atoms with Crippen LogP contribution < -0.4 is 16.0 Å². The topological polar surface area (TPSA) is 184 Å². The molecule has 12 nitrogen and oxygen atoms in total. The number of carbonyl (C=O) groups is 4. The van der Waals surface area contributed by atoms with E-state index < -0.39 is 54.5 Å². The van der Waals surface area contributed by atoms with Crippen LogP contribution >= 0.6 is 0 Å². The molecule has 1 aliphatic rings. The summed E-state index contributed by atoms with van der Waals surface area (Å²) in [6.07, 6.45) is -4.28. The molecule has 6 atom stereocenters. The Hall–Kier alpha value is -2.28. The summed E-state index contributed by atoms with van der Waals surface area (Å²) in [5, 5.41) is 37.3. The van der Waals surface area contributed by atoms with E-state index in [1.807, 2.05) is 0 Å². The summed E-state index contributed by atoms with van der Waals surface area (Å²) in [6.45, 7) is 6.00. The number of hydrogen-bond donors (Lipinski definition) is 6. The van der Waals surface area contributed by atoms with Gasteiger partial charge in [0.05, 0.1) is 0 Å². The molecule has 5 unspecified atom stereocenters. The molecule has 1 aliphatic heterocycles. The van der Waals surface area contributed by atoms with Crippen LogP contribution in [-0.2, 0) is 28.7 Å². The van der Waals surface area contributed by atoms with Crippen LogP contribution in [-0.4, -0.2) is 88.8 Å². The molecule has 0 spiro atoms. The van der Waals surface area contributed by atoms with Gasteiger partial charge in [0, 0.05) is 33.4 Å². The minimum atomic E-state index is -1.44. The highest BCUT2D eigenvalue weighted by Crippen LogP contribution is 2.22. The fraction of sp³-hybridized carbons (Fsp3) is 0.800. The lowest BCUT2D eigenvalue weighted by Gasteiger charge is -2.42. The lowest BCUT2D eigenvalue weighted by atomic mass is 9.96. The smallest absolute Gasteiger partial charge is 0.303 e. The molecule has 6 N–H and O–H groups in total. The Morgan fingerprint density at radius 1 is 1.03 bits per heavy atom. The molecule has 32 heavy (non-hydrogen) atoms. The van der Waals surface area contributed by atoms with E-state index in [1.54, 1.807) is 13.8 Å². The van der Waals surface area contributed by atoms with Crippen molar-refractivity contribution in [3.05, 3.63) is 0 Å². The molecule has 1 heterocycles. The van der Waals surface area contributed by atoms with E-state index in [9.17, 15) is 29.4 Å². The maximum atomic E-state index is 12.5. The number of hydrogen-bond acceptors (Lipinski definition) is 8. The summed E-state index contributed by atoms with van der Waals surface area (Å²) in [4.78, 5) is 45.9. The Bertz CT molecular complexity index is 658. The van der Waals surface area contributed by atoms with Crippen molar-refractivity contribution in [1.82, 2.24) is 16.0 Å². The molecular formula is C20H35N3O9. The third kappa shape index (κ3) is 9.07. The number of carboxylic acid groups (broad SMARTS) is 1. The Kier molecular flexibility index (Phi) is 11.5. The third-order valence-electron chi connectivity index (χ3n) is 4.92. The zero-order valence-electron chi connectivity index (χ0n) is 18.9. The number of amides is 3. The first-order valence-electron chi connectivity index (χ1n) is 10.6. The Morgan fingerprint density at radius 3 is 2.22 bits per heavy atom. The highest BCUT2D eigenvalue weighted by molar-refractivity contribution is 5.87. The lowest BCUT2D eigenvalue weighted by molar-refractivity contribution is -0.263. The zero-order valence-corrected chi connectivity index (χ0v) is 18.9. The van der Waals surface area contributed by atoms with Gasteiger partial charge in [-0.05, 0) is 18.8 Å². The molecule has 184 valence electrons. The predicted octanol–water partition coefficient (Wildman–Crippen LogP) is -1.51. The molecule has 12 heteroatoms. The van der Waals surface area contributed by atoms with Gasteiger partial charge in [-0.25, -0.2) is 0 Å². The van der Waals surface area contributed by atoms with Gasteiger partial charge in [0.2, 0.25) is 17.7 Å². The largest absolute Gasteiger partial charge is 0.481 e. The average Bonchev–Trinajstić information content (AvgIpc) is 2.68. The minimum absolute atomic E-state index is 0.0225. The Morgan fingerprint density at radius 2 is 1.69 bits per heavy atom. The van der Waals surface area contributed by atoms with Gasteiger partial charge in [0.25, 0.3) is 0 Å². The Labute approximate surface area is 187 Å². The van der Waals surface area contributed by atoms with Crippen LogP contribution in [0.3, 0.4) is 0 Å². The van der Waals surface area contributed by atoms with Crippen LogP contribution in [0.1, 0.15) is 47.0 Å². The van der Waals surface area contributed by atoms with Crippen molar-refractivity contribution in [2.24, 2.45) is 5.92 Å². The van der Waals surface area contributed by atoms with Crippen LogP contribution in [0, 0.1) is 5.92 Å². The van der Waals surface area contributed by atoms with Gasteiger partial charge in [-0.15, -0.1) is 0 Å². The molecule has 0 aromatic rings. The van der Waals surface area contributed by atoms with Crippen LogP contribution in [0.15, 0.2) is 0 Å². The van der Waals surface area contributed by atoms with Crippen LogP contribution in [0.4, 0.5) is 0 Å². The number of carboxylic acids is 1. The molecule has 1 fully saturated rings. The summed E-state index contributed by atoms with van der Waals surface area (Å²) in [7, 11) is 0. The van der Waals surface area contributed by atoms with Gasteiger partial charge >= 0.3 is 5.97 Å². The summed E-state index contributed by atoms with van der Waals surface area (Å²) in [5.41, 5.74) is 0. The molecule has 0 aromatic heterocycles. The second-order valence-corrected chi connectivity index (χ2v) is 8.14. The maximum absolute atomic E-state index is 12.5. The Balaban J connectivity index is 2.78. The number of aliphatic hydroxyl groups is 2. The van der Waals surface area contributed by atoms with Crippen molar-refractivity contribution in [3.8, 4) is 0 Å². The summed E-state index contributed by atoms with van der Waals surface area (Å²) >= 11 is 0. The molecule has 0 radical (unpaired) electrons. The van der Waals surface area contributed by atoms with Crippen molar-refractivity contribution in [1.29, 1.82) is 0 Å². The minimum Gasteiger partial charge on any atom is -0.481 e. The second kappa shape index (κ2) is 13.3. The van der Waals surface area contributed by atoms with E-state index in [0.29, 0.717) is 12.8 Å². The first kappa shape index (κ1) is 27.8. The van der Waals surface area contributed by atoms with Gasteiger partial charge in [-0.1, -0.05) is 13.8 Å². The van der Waals surface area contributed by atoms with Crippen LogP contribution in [0.5, 0.6) is 0 Å². The number of aliphatic carboxylic acids is 1. The van der Waals surface area contributed by atoms with Crippen molar-refractivity contribution in [2.75, 3.05) is 13.2 Å². The van der Waals surface area contributed by atoms with E-state index in [0.717, 1.165) is 0 Å². The van der Waals surface area contributed by atoms with E-state index in [-0.39, 0.29) is 31.4 Å². The number of ether oxygens (including phenoxy) is 2. The molecule has 0 bridgehead atoms. The fourth-order valence-corrected chi connectivity index (χ4v) is 3.27. The monoisotopic (exact) mass is 461 g/mol. The van der Waals surface area contributed by atoms with Gasteiger partial charge in [0.15, 0.2) is 6.29 Å². The molecule has 3 amide bonds. The predicted molar refractivity (Wildman–Crippen MR) is 111 cm³/mol. The van der Waals surface area contributed by atoms with Crippen molar-refractivity contribution < 1.29 is 44.0 Å². The first-order chi connectivity index (χ1) is 14.9. The van der Waals surface area contributed by atoms with Crippen LogP contribution in [0.2, 0.25) is 0 Å². The normalized spacial score (nSPS) is 26.3. The SMILES string of the molecule is CC(=O)NC1C(OCCCCC(=O)O)OC(CNC(=O)[C@H](NC(C)=O)C(C)C)C(O)C1O. The molecule has 0 saturated carbocycles. The fourth-order valence-electron chi connectivity index (χ4n) is 3.27. The number of unbranched alkanes of at least 4 members (excludes halogenated alkanes) is 1. The maximum Gasteiger partial charge on any atom is 0.303 e. The van der Waals surface area contributed by atoms with E-state index in [1.165, 1.54) is 13.8 Å². The van der Waals surface area contributed by atoms with Gasteiger partial charge < -0.3 is 40.7 Å². The lowest BCUT2D eigenvalue weighted by Crippen LogP contribution is -2.65. The highest BCUT2D eigenvalue weighted by Gasteiger charge is 2.45. The summed E-state index contributed by atoms with van der Waals surface area (Å²) < 4.78 is 11.3. The molecule has 0 aliphatic carbocycles. The second-order valence-electron chi connectivity index (χ2n) is 8.14. The summed E-state index contributed by atoms with van der Waals surface area (Å²) in [6, 6.07) is -1.84. The van der Waals surface area contributed by atoms with E-state index in [2.05, 4.69) is 16.0 Å². The van der Waals surface area contributed by atoms with Crippen molar-refractivity contribution in [3.63, 3.8) is 0 Å². The standard InChI is InChI=1S/C20H35N3O9/c1-10(2)15(22-11(3)24)19(30)21-9-13-17(28)18(29)16(23-12(4)25)20(32-13)31-8-6-5-7-14(26)27/h10,13,15-18,20,28-29H,5-9H2,1-4H3,(H,21,30)(H,22,24)(H,23,25)(H,26,27)/t13?,15-,16?,17?,18?,20?/m1/s1. The zero-order chi connectivity index (χ0) is 24.4. The van der Waals surface area contributed by atoms with E-state index in [4.69, 9.17) is 14.6 Å². The van der Waals surface area contributed by atoms with Gasteiger partial charge in [-0.2, -0.15) is 0 Å². The summed E-state index contributed by atoms with van der Waals surface area (Å²) in [5.74, 6) is -2.42. The number of rotatable bonds is 12. The van der Waals surface area contributed by atoms with E-state index >= 15 is 0 Å². The van der Waals surface area contributed by atoms with Gasteiger partial charge in [0.1, 0.15) is 30.4 Å². The molecule has 0 aromatic carbocycles. The molecule has 1 saturated heterocycles. The first-order valence-corrected chi connectivity index (χ1v) is 10.6. The van der Waals surface area contributed by atoms with Crippen LogP contribution in [0.25, 0.3) is 0 Å². The van der Waals surface area contributed by atoms with Crippen molar-refractivity contribution >= 4 is 23.7 Å². The average molecular weight is 462 g/mol. The highest BCUT2D eigenvalue weighted by atomic mass is 16.7. The molecular weight excluding hydrogens is 426 g/mol. The third-order valence-corrected chi connectivity index (χ3v) is 4.92. The quantitative estimate of drug-likeness (QED) is 0.188. The number of carbonyl (C=O) groups excluding carboxylic acids is 3. The molecule has 1 rings (SSSR count). The number of aliphatic hydroxyl groups excluding tert-OH is 2. The number of nitrogens with one attached hydrogen (secondary N) is 3. The van der Waals surface area contributed by atoms with Crippen molar-refractivity contribution in [2.45, 2.75) is 83.6 Å². The van der Waals surface area contributed by atoms with Gasteiger partial charge in [-0.3, -0.25) is 19.2 Å².